The number of carboxylic acids is 1. The van der Waals surface area contributed by atoms with Crippen LogP contribution in [0.5, 0.6) is 0 Å². The number of aromatic nitrogens is 2. The van der Waals surface area contributed by atoms with Crippen molar-refractivity contribution in [3.8, 4) is 11.1 Å². The fraction of sp³-hybridized carbons (Fsp3) is 0.160. The minimum Gasteiger partial charge on any atom is -0.480 e. The van der Waals surface area contributed by atoms with Crippen molar-refractivity contribution in [2.24, 2.45) is 0 Å². The van der Waals surface area contributed by atoms with E-state index < -0.39 is 18.1 Å². The van der Waals surface area contributed by atoms with Crippen LogP contribution in [0.1, 0.15) is 22.6 Å². The van der Waals surface area contributed by atoms with Gasteiger partial charge in [-0.05, 0) is 39.9 Å². The molecule has 1 aliphatic rings. The molecule has 2 aromatic heterocycles. The Bertz CT molecular complexity index is 1270. The number of pyridine rings is 1. The second-order valence-electron chi connectivity index (χ2n) is 7.78. The molecule has 0 aliphatic heterocycles. The molecule has 0 spiro atoms. The van der Waals surface area contributed by atoms with Gasteiger partial charge in [-0.15, -0.1) is 0 Å². The van der Waals surface area contributed by atoms with Gasteiger partial charge in [-0.3, -0.25) is 0 Å². The third-order valence-electron chi connectivity index (χ3n) is 5.89. The first-order valence-corrected chi connectivity index (χ1v) is 10.4. The maximum absolute atomic E-state index is 12.5. The number of carbonyl (C=O) groups is 2. The predicted molar refractivity (Wildman–Crippen MR) is 119 cm³/mol. The van der Waals surface area contributed by atoms with Crippen LogP contribution in [0.3, 0.4) is 0 Å². The lowest BCUT2D eigenvalue weighted by molar-refractivity contribution is -0.139. The van der Waals surface area contributed by atoms with Crippen molar-refractivity contribution in [3.63, 3.8) is 0 Å². The molecule has 0 radical (unpaired) electrons. The molecule has 7 heteroatoms. The molecule has 0 bridgehead atoms. The first-order chi connectivity index (χ1) is 15.6. The van der Waals surface area contributed by atoms with Gasteiger partial charge in [0.05, 0.1) is 0 Å². The average Bonchev–Trinajstić information content (AvgIpc) is 3.36. The SMILES string of the molecule is O=C(N[C@H](Cc1c[nH]c2ncccc12)C(=O)O)OCC1c2ccccc2-c2ccccc21. The number of ether oxygens (including phenoxy) is 1. The van der Waals surface area contributed by atoms with Crippen LogP contribution < -0.4 is 5.32 Å². The minimum atomic E-state index is -1.13. The summed E-state index contributed by atoms with van der Waals surface area (Å²) in [7, 11) is 0. The standard InChI is InChI=1S/C25H21N3O4/c29-24(30)22(12-15-13-27-23-16(15)10-5-11-26-23)28-25(31)32-14-21-19-8-3-1-6-17(19)18-7-2-4-9-20(18)21/h1-11,13,21-22H,12,14H2,(H,26,27)(H,28,31)(H,29,30)/t22-/m1/s1. The van der Waals surface area contributed by atoms with E-state index in [1.165, 1.54) is 0 Å². The summed E-state index contributed by atoms with van der Waals surface area (Å²) in [5, 5.41) is 13.0. The van der Waals surface area contributed by atoms with Crippen molar-refractivity contribution in [1.29, 1.82) is 0 Å². The number of nitrogens with one attached hydrogen (secondary N) is 2. The summed E-state index contributed by atoms with van der Waals surface area (Å²) in [6.07, 6.45) is 2.74. The Labute approximate surface area is 184 Å². The monoisotopic (exact) mass is 427 g/mol. The summed E-state index contributed by atoms with van der Waals surface area (Å²) in [4.78, 5) is 31.5. The molecule has 160 valence electrons. The number of hydrogen-bond acceptors (Lipinski definition) is 4. The predicted octanol–water partition coefficient (Wildman–Crippen LogP) is 4.10. The molecular weight excluding hydrogens is 406 g/mol. The van der Waals surface area contributed by atoms with Crippen LogP contribution in [0, 0.1) is 0 Å². The highest BCUT2D eigenvalue weighted by molar-refractivity contribution is 5.84. The number of hydrogen-bond donors (Lipinski definition) is 3. The number of carboxylic acid groups (broad SMARTS) is 1. The van der Waals surface area contributed by atoms with Gasteiger partial charge < -0.3 is 20.1 Å². The zero-order valence-electron chi connectivity index (χ0n) is 17.1. The first-order valence-electron chi connectivity index (χ1n) is 10.4. The fourth-order valence-electron chi connectivity index (χ4n) is 4.38. The molecule has 0 unspecified atom stereocenters. The zero-order valence-corrected chi connectivity index (χ0v) is 17.1. The lowest BCUT2D eigenvalue weighted by atomic mass is 9.98. The smallest absolute Gasteiger partial charge is 0.407 e. The topological polar surface area (TPSA) is 104 Å². The average molecular weight is 427 g/mol. The number of aliphatic carboxylic acids is 1. The van der Waals surface area contributed by atoms with Gasteiger partial charge in [-0.25, -0.2) is 14.6 Å². The Balaban J connectivity index is 1.28. The van der Waals surface area contributed by atoms with Crippen molar-refractivity contribution in [3.05, 3.63) is 89.7 Å². The highest BCUT2D eigenvalue weighted by Gasteiger charge is 2.30. The molecule has 2 heterocycles. The molecule has 1 amide bonds. The number of aromatic amines is 1. The third-order valence-corrected chi connectivity index (χ3v) is 5.89. The molecule has 0 saturated carbocycles. The van der Waals surface area contributed by atoms with Gasteiger partial charge in [-0.1, -0.05) is 48.5 Å². The van der Waals surface area contributed by atoms with Gasteiger partial charge in [0.1, 0.15) is 18.3 Å². The van der Waals surface area contributed by atoms with Crippen LogP contribution in [-0.4, -0.2) is 39.8 Å². The third kappa shape index (κ3) is 3.58. The second kappa shape index (κ2) is 8.19. The van der Waals surface area contributed by atoms with Gasteiger partial charge in [0.2, 0.25) is 0 Å². The quantitative estimate of drug-likeness (QED) is 0.430. The number of carbonyl (C=O) groups excluding carboxylic acids is 1. The van der Waals surface area contributed by atoms with Crippen LogP contribution >= 0.6 is 0 Å². The van der Waals surface area contributed by atoms with Gasteiger partial charge in [-0.2, -0.15) is 0 Å². The molecule has 3 N–H and O–H groups in total. The maximum Gasteiger partial charge on any atom is 0.407 e. The molecule has 5 rings (SSSR count). The van der Waals surface area contributed by atoms with E-state index in [2.05, 4.69) is 27.4 Å². The summed E-state index contributed by atoms with van der Waals surface area (Å²) in [6.45, 7) is 0.128. The Morgan fingerprint density at radius 3 is 2.41 bits per heavy atom. The number of H-pyrrole nitrogens is 1. The molecule has 7 nitrogen and oxygen atoms in total. The Kier molecular flexibility index (Phi) is 5.07. The Hall–Kier alpha value is -4.13. The van der Waals surface area contributed by atoms with E-state index in [4.69, 9.17) is 4.74 Å². The van der Waals surface area contributed by atoms with Crippen LogP contribution in [0.25, 0.3) is 22.2 Å². The van der Waals surface area contributed by atoms with Crippen LogP contribution in [0.4, 0.5) is 4.79 Å². The molecule has 4 aromatic rings. The molecule has 32 heavy (non-hydrogen) atoms. The second-order valence-corrected chi connectivity index (χ2v) is 7.78. The molecule has 1 atom stereocenters. The fourth-order valence-corrected chi connectivity index (χ4v) is 4.38. The van der Waals surface area contributed by atoms with E-state index in [1.54, 1.807) is 18.5 Å². The van der Waals surface area contributed by atoms with Gasteiger partial charge in [0.15, 0.2) is 0 Å². The van der Waals surface area contributed by atoms with Crippen LogP contribution in [0.2, 0.25) is 0 Å². The van der Waals surface area contributed by atoms with E-state index in [-0.39, 0.29) is 18.9 Å². The summed E-state index contributed by atoms with van der Waals surface area (Å²) in [5.74, 6) is -1.21. The molecular formula is C25H21N3O4. The summed E-state index contributed by atoms with van der Waals surface area (Å²) >= 11 is 0. The van der Waals surface area contributed by atoms with E-state index in [1.807, 2.05) is 42.5 Å². The van der Waals surface area contributed by atoms with Crippen LogP contribution in [0.15, 0.2) is 73.1 Å². The minimum absolute atomic E-state index is 0.0869. The molecule has 0 saturated heterocycles. The lowest BCUT2D eigenvalue weighted by Gasteiger charge is -2.17. The van der Waals surface area contributed by atoms with Crippen molar-refractivity contribution in [1.82, 2.24) is 15.3 Å². The highest BCUT2D eigenvalue weighted by atomic mass is 16.5. The lowest BCUT2D eigenvalue weighted by Crippen LogP contribution is -2.42. The van der Waals surface area contributed by atoms with Crippen molar-refractivity contribution in [2.45, 2.75) is 18.4 Å². The van der Waals surface area contributed by atoms with Crippen molar-refractivity contribution < 1.29 is 19.4 Å². The summed E-state index contributed by atoms with van der Waals surface area (Å²) in [6, 6.07) is 18.6. The van der Waals surface area contributed by atoms with Crippen LogP contribution in [-0.2, 0) is 16.0 Å². The molecule has 0 fully saturated rings. The number of rotatable bonds is 6. The van der Waals surface area contributed by atoms with Crippen molar-refractivity contribution in [2.75, 3.05) is 6.61 Å². The number of fused-ring (bicyclic) bond motifs is 4. The summed E-state index contributed by atoms with van der Waals surface area (Å²) < 4.78 is 5.49. The molecule has 2 aromatic carbocycles. The van der Waals surface area contributed by atoms with Gasteiger partial charge >= 0.3 is 12.1 Å². The normalized spacial score (nSPS) is 13.4. The van der Waals surface area contributed by atoms with E-state index in [0.717, 1.165) is 33.2 Å². The Morgan fingerprint density at radius 2 is 1.72 bits per heavy atom. The largest absolute Gasteiger partial charge is 0.480 e. The maximum atomic E-state index is 12.5. The Morgan fingerprint density at radius 1 is 1.03 bits per heavy atom. The number of amides is 1. The highest BCUT2D eigenvalue weighted by Crippen LogP contribution is 2.44. The van der Waals surface area contributed by atoms with Crippen molar-refractivity contribution >= 4 is 23.1 Å². The van der Waals surface area contributed by atoms with Gasteiger partial charge in [0, 0.05) is 30.1 Å². The summed E-state index contributed by atoms with van der Waals surface area (Å²) in [5.41, 5.74) is 5.90. The first kappa shape index (κ1) is 19.8. The van der Waals surface area contributed by atoms with E-state index in [0.29, 0.717) is 5.65 Å². The number of benzene rings is 2. The van der Waals surface area contributed by atoms with E-state index >= 15 is 0 Å². The number of alkyl carbamates (subject to hydrolysis) is 1. The molecule has 1 aliphatic carbocycles. The zero-order chi connectivity index (χ0) is 22.1. The van der Waals surface area contributed by atoms with E-state index in [9.17, 15) is 14.7 Å². The van der Waals surface area contributed by atoms with Gasteiger partial charge in [0.25, 0.3) is 0 Å². The number of nitrogens with zero attached hydrogens (tertiary/aromatic N) is 1.